The SMILES string of the molecule is CC(C)CCN1C[C@H](C(=O)Nc2nnc(C(C)C)s2)CC1=O. The van der Waals surface area contributed by atoms with Crippen molar-refractivity contribution in [2.75, 3.05) is 18.4 Å². The number of carbonyl (C=O) groups is 2. The van der Waals surface area contributed by atoms with Gasteiger partial charge in [0.1, 0.15) is 5.01 Å². The third-order valence-corrected chi connectivity index (χ3v) is 4.87. The zero-order valence-corrected chi connectivity index (χ0v) is 14.4. The van der Waals surface area contributed by atoms with Crippen LogP contribution in [0.5, 0.6) is 0 Å². The molecule has 7 heteroatoms. The van der Waals surface area contributed by atoms with Crippen molar-refractivity contribution in [2.45, 2.75) is 46.5 Å². The fourth-order valence-corrected chi connectivity index (χ4v) is 3.05. The molecule has 0 saturated carbocycles. The maximum atomic E-state index is 12.3. The van der Waals surface area contributed by atoms with E-state index in [1.54, 1.807) is 4.90 Å². The molecule has 122 valence electrons. The second-order valence-corrected chi connectivity index (χ2v) is 7.52. The Morgan fingerprint density at radius 1 is 1.36 bits per heavy atom. The molecule has 1 aliphatic heterocycles. The van der Waals surface area contributed by atoms with Gasteiger partial charge in [-0.05, 0) is 12.3 Å². The highest BCUT2D eigenvalue weighted by Crippen LogP contribution is 2.25. The lowest BCUT2D eigenvalue weighted by molar-refractivity contribution is -0.128. The van der Waals surface area contributed by atoms with E-state index in [1.807, 2.05) is 13.8 Å². The Bertz CT molecular complexity index is 541. The number of amides is 2. The summed E-state index contributed by atoms with van der Waals surface area (Å²) >= 11 is 1.39. The van der Waals surface area contributed by atoms with E-state index in [4.69, 9.17) is 0 Å². The van der Waals surface area contributed by atoms with Crippen molar-refractivity contribution in [1.82, 2.24) is 15.1 Å². The van der Waals surface area contributed by atoms with Crippen LogP contribution in [-0.2, 0) is 9.59 Å². The second-order valence-electron chi connectivity index (χ2n) is 6.51. The van der Waals surface area contributed by atoms with Crippen LogP contribution in [0.15, 0.2) is 0 Å². The lowest BCUT2D eigenvalue weighted by Crippen LogP contribution is -2.29. The Hall–Kier alpha value is -1.50. The van der Waals surface area contributed by atoms with Crippen molar-refractivity contribution in [1.29, 1.82) is 0 Å². The van der Waals surface area contributed by atoms with Gasteiger partial charge in [0.05, 0.1) is 5.92 Å². The lowest BCUT2D eigenvalue weighted by atomic mass is 10.1. The molecule has 0 spiro atoms. The first kappa shape index (κ1) is 16.9. The van der Waals surface area contributed by atoms with Gasteiger partial charge in [-0.3, -0.25) is 9.59 Å². The van der Waals surface area contributed by atoms with E-state index in [0.29, 0.717) is 29.9 Å². The highest BCUT2D eigenvalue weighted by atomic mass is 32.1. The van der Waals surface area contributed by atoms with Crippen LogP contribution in [0.25, 0.3) is 0 Å². The summed E-state index contributed by atoms with van der Waals surface area (Å²) in [7, 11) is 0. The van der Waals surface area contributed by atoms with E-state index >= 15 is 0 Å². The minimum absolute atomic E-state index is 0.0703. The van der Waals surface area contributed by atoms with E-state index in [-0.39, 0.29) is 17.7 Å². The molecule has 2 amide bonds. The third kappa shape index (κ3) is 4.25. The molecule has 1 aliphatic rings. The highest BCUT2D eigenvalue weighted by molar-refractivity contribution is 7.15. The van der Waals surface area contributed by atoms with Crippen molar-refractivity contribution in [3.05, 3.63) is 5.01 Å². The van der Waals surface area contributed by atoms with E-state index in [9.17, 15) is 9.59 Å². The van der Waals surface area contributed by atoms with Crippen LogP contribution >= 0.6 is 11.3 Å². The summed E-state index contributed by atoms with van der Waals surface area (Å²) in [4.78, 5) is 26.0. The topological polar surface area (TPSA) is 75.2 Å². The number of nitrogens with zero attached hydrogens (tertiary/aromatic N) is 3. The summed E-state index contributed by atoms with van der Waals surface area (Å²) in [6, 6.07) is 0. The van der Waals surface area contributed by atoms with Gasteiger partial charge in [0, 0.05) is 25.4 Å². The Balaban J connectivity index is 1.89. The molecule has 0 radical (unpaired) electrons. The number of carbonyl (C=O) groups excluding carboxylic acids is 2. The largest absolute Gasteiger partial charge is 0.342 e. The maximum Gasteiger partial charge on any atom is 0.231 e. The Morgan fingerprint density at radius 2 is 2.09 bits per heavy atom. The molecule has 2 heterocycles. The first-order valence-electron chi connectivity index (χ1n) is 7.78. The molecule has 6 nitrogen and oxygen atoms in total. The number of aromatic nitrogens is 2. The molecule has 1 N–H and O–H groups in total. The number of nitrogens with one attached hydrogen (secondary N) is 1. The Morgan fingerprint density at radius 3 is 2.68 bits per heavy atom. The third-order valence-electron chi connectivity index (χ3n) is 3.73. The summed E-state index contributed by atoms with van der Waals surface area (Å²) in [5.41, 5.74) is 0. The summed E-state index contributed by atoms with van der Waals surface area (Å²) in [6.07, 6.45) is 1.26. The molecular weight excluding hydrogens is 300 g/mol. The Kier molecular flexibility index (Phi) is 5.50. The number of anilines is 1. The quantitative estimate of drug-likeness (QED) is 0.872. The standard InChI is InChI=1S/C15H24N4O2S/c1-9(2)5-6-19-8-11(7-12(19)20)13(21)16-15-18-17-14(22-15)10(3)4/h9-11H,5-8H2,1-4H3,(H,16,18,21)/t11-/m1/s1. The first-order valence-corrected chi connectivity index (χ1v) is 8.60. The molecule has 0 aromatic carbocycles. The number of hydrogen-bond donors (Lipinski definition) is 1. The smallest absolute Gasteiger partial charge is 0.231 e. The van der Waals surface area contributed by atoms with Crippen LogP contribution in [0.4, 0.5) is 5.13 Å². The summed E-state index contributed by atoms with van der Waals surface area (Å²) in [5.74, 6) is 0.498. The van der Waals surface area contributed by atoms with E-state index < -0.39 is 0 Å². The molecule has 0 bridgehead atoms. The van der Waals surface area contributed by atoms with Gasteiger partial charge in [-0.2, -0.15) is 0 Å². The number of likely N-dealkylation sites (tertiary alicyclic amines) is 1. The van der Waals surface area contributed by atoms with Gasteiger partial charge in [-0.1, -0.05) is 39.0 Å². The van der Waals surface area contributed by atoms with Crippen LogP contribution in [0.3, 0.4) is 0 Å². The molecule has 0 aliphatic carbocycles. The van der Waals surface area contributed by atoms with E-state index in [2.05, 4.69) is 29.4 Å². The van der Waals surface area contributed by atoms with Crippen LogP contribution in [0, 0.1) is 11.8 Å². The van der Waals surface area contributed by atoms with Gasteiger partial charge in [-0.25, -0.2) is 0 Å². The monoisotopic (exact) mass is 324 g/mol. The van der Waals surface area contributed by atoms with E-state index in [0.717, 1.165) is 18.0 Å². The predicted octanol–water partition coefficient (Wildman–Crippen LogP) is 2.49. The highest BCUT2D eigenvalue weighted by Gasteiger charge is 2.34. The molecule has 22 heavy (non-hydrogen) atoms. The molecule has 0 unspecified atom stereocenters. The fraction of sp³-hybridized carbons (Fsp3) is 0.733. The van der Waals surface area contributed by atoms with Gasteiger partial charge < -0.3 is 10.2 Å². The number of hydrogen-bond acceptors (Lipinski definition) is 5. The number of rotatable bonds is 6. The van der Waals surface area contributed by atoms with Crippen molar-refractivity contribution < 1.29 is 9.59 Å². The van der Waals surface area contributed by atoms with Gasteiger partial charge >= 0.3 is 0 Å². The van der Waals surface area contributed by atoms with Crippen molar-refractivity contribution in [3.63, 3.8) is 0 Å². The van der Waals surface area contributed by atoms with Gasteiger partial charge in [0.25, 0.3) is 0 Å². The fourth-order valence-electron chi connectivity index (χ4n) is 2.30. The molecule has 1 aromatic rings. The average Bonchev–Trinajstić information content (AvgIpc) is 3.03. The van der Waals surface area contributed by atoms with Crippen LogP contribution < -0.4 is 5.32 Å². The van der Waals surface area contributed by atoms with Gasteiger partial charge in [-0.15, -0.1) is 10.2 Å². The van der Waals surface area contributed by atoms with Crippen LogP contribution in [-0.4, -0.2) is 40.0 Å². The minimum Gasteiger partial charge on any atom is -0.342 e. The molecule has 2 rings (SSSR count). The molecular formula is C15H24N4O2S. The Labute approximate surface area is 135 Å². The molecule has 1 fully saturated rings. The van der Waals surface area contributed by atoms with Gasteiger partial charge in [0.2, 0.25) is 16.9 Å². The molecule has 1 aromatic heterocycles. The summed E-state index contributed by atoms with van der Waals surface area (Å²) in [6.45, 7) is 9.57. The van der Waals surface area contributed by atoms with Crippen molar-refractivity contribution >= 4 is 28.3 Å². The maximum absolute atomic E-state index is 12.3. The first-order chi connectivity index (χ1) is 10.4. The van der Waals surface area contributed by atoms with Crippen LogP contribution in [0.2, 0.25) is 0 Å². The van der Waals surface area contributed by atoms with E-state index in [1.165, 1.54) is 11.3 Å². The zero-order chi connectivity index (χ0) is 16.3. The second kappa shape index (κ2) is 7.17. The molecule has 1 saturated heterocycles. The minimum atomic E-state index is -0.286. The average molecular weight is 324 g/mol. The lowest BCUT2D eigenvalue weighted by Gasteiger charge is -2.17. The van der Waals surface area contributed by atoms with Gasteiger partial charge in [0.15, 0.2) is 0 Å². The zero-order valence-electron chi connectivity index (χ0n) is 13.6. The molecule has 1 atom stereocenters. The van der Waals surface area contributed by atoms with Crippen LogP contribution in [0.1, 0.15) is 51.5 Å². The van der Waals surface area contributed by atoms with Crippen molar-refractivity contribution in [3.8, 4) is 0 Å². The summed E-state index contributed by atoms with van der Waals surface area (Å²) in [5, 5.41) is 12.2. The normalized spacial score (nSPS) is 18.5. The predicted molar refractivity (Wildman–Crippen MR) is 86.8 cm³/mol. The summed E-state index contributed by atoms with van der Waals surface area (Å²) < 4.78 is 0. The van der Waals surface area contributed by atoms with Crippen molar-refractivity contribution in [2.24, 2.45) is 11.8 Å².